The largest absolute Gasteiger partial charge is 0.489 e. The van der Waals surface area contributed by atoms with Crippen molar-refractivity contribution in [3.05, 3.63) is 68.6 Å². The predicted octanol–water partition coefficient (Wildman–Crippen LogP) is 4.29. The Hall–Kier alpha value is -2.31. The minimum Gasteiger partial charge on any atom is -0.489 e. The Bertz CT molecular complexity index is 919. The highest BCUT2D eigenvalue weighted by molar-refractivity contribution is 7.12. The lowest BCUT2D eigenvalue weighted by Crippen LogP contribution is -2.26. The standard InChI is InChI=1S/C19H20ClN3O2S/c1-13-8-15(20)4-5-17(13)25-11-14-9-18(26-12-14)19(24)22(2)10-16-6-7-21-23(16)3/h4-9,12H,10-11H2,1-3H3. The number of rotatable bonds is 6. The van der Waals surface area contributed by atoms with Crippen LogP contribution >= 0.6 is 22.9 Å². The van der Waals surface area contributed by atoms with Crippen LogP contribution in [-0.4, -0.2) is 27.6 Å². The van der Waals surface area contributed by atoms with Crippen molar-refractivity contribution >= 4 is 28.8 Å². The Morgan fingerprint density at radius 1 is 1.35 bits per heavy atom. The zero-order valence-electron chi connectivity index (χ0n) is 14.9. The van der Waals surface area contributed by atoms with E-state index in [1.54, 1.807) is 28.9 Å². The third kappa shape index (κ3) is 4.26. The molecule has 26 heavy (non-hydrogen) atoms. The van der Waals surface area contributed by atoms with Gasteiger partial charge in [0.25, 0.3) is 5.91 Å². The molecule has 3 aromatic rings. The Balaban J connectivity index is 1.61. The number of aromatic nitrogens is 2. The second-order valence-corrected chi connectivity index (χ2v) is 7.47. The average Bonchev–Trinajstić information content (AvgIpc) is 3.23. The maximum Gasteiger partial charge on any atom is 0.264 e. The van der Waals surface area contributed by atoms with Gasteiger partial charge in [0.15, 0.2) is 0 Å². The third-order valence-electron chi connectivity index (χ3n) is 4.06. The van der Waals surface area contributed by atoms with Crippen molar-refractivity contribution in [1.29, 1.82) is 0 Å². The molecule has 7 heteroatoms. The number of hydrogen-bond acceptors (Lipinski definition) is 4. The van der Waals surface area contributed by atoms with Crippen LogP contribution in [0.1, 0.15) is 26.5 Å². The summed E-state index contributed by atoms with van der Waals surface area (Å²) in [7, 11) is 3.66. The first kappa shape index (κ1) is 18.5. The van der Waals surface area contributed by atoms with E-state index in [2.05, 4.69) is 5.10 Å². The normalized spacial score (nSPS) is 10.8. The van der Waals surface area contributed by atoms with E-state index in [0.717, 1.165) is 22.6 Å². The number of amides is 1. The van der Waals surface area contributed by atoms with Crippen molar-refractivity contribution in [2.75, 3.05) is 7.05 Å². The lowest BCUT2D eigenvalue weighted by molar-refractivity contribution is 0.0786. The summed E-state index contributed by atoms with van der Waals surface area (Å²) in [6, 6.07) is 9.33. The maximum absolute atomic E-state index is 12.6. The Morgan fingerprint density at radius 3 is 2.85 bits per heavy atom. The molecule has 0 bridgehead atoms. The van der Waals surface area contributed by atoms with Crippen molar-refractivity contribution in [1.82, 2.24) is 14.7 Å². The SMILES string of the molecule is Cc1cc(Cl)ccc1OCc1csc(C(=O)N(C)Cc2ccnn2C)c1. The highest BCUT2D eigenvalue weighted by Gasteiger charge is 2.16. The van der Waals surface area contributed by atoms with Gasteiger partial charge in [-0.2, -0.15) is 5.10 Å². The van der Waals surface area contributed by atoms with Gasteiger partial charge in [-0.25, -0.2) is 0 Å². The van der Waals surface area contributed by atoms with E-state index in [0.29, 0.717) is 23.1 Å². The molecular formula is C19H20ClN3O2S. The molecule has 3 rings (SSSR count). The molecule has 0 unspecified atom stereocenters. The number of benzene rings is 1. The van der Waals surface area contributed by atoms with Gasteiger partial charge in [-0.3, -0.25) is 9.48 Å². The van der Waals surface area contributed by atoms with Crippen molar-refractivity contribution in [3.63, 3.8) is 0 Å². The number of halogens is 1. The molecule has 2 heterocycles. The quantitative estimate of drug-likeness (QED) is 0.631. The van der Waals surface area contributed by atoms with Crippen molar-refractivity contribution < 1.29 is 9.53 Å². The van der Waals surface area contributed by atoms with Gasteiger partial charge in [0.2, 0.25) is 0 Å². The predicted molar refractivity (Wildman–Crippen MR) is 104 cm³/mol. The highest BCUT2D eigenvalue weighted by Crippen LogP contribution is 2.24. The molecule has 1 aromatic carbocycles. The average molecular weight is 390 g/mol. The van der Waals surface area contributed by atoms with Crippen LogP contribution in [0.5, 0.6) is 5.75 Å². The number of carbonyl (C=O) groups excluding carboxylic acids is 1. The van der Waals surface area contributed by atoms with Gasteiger partial charge in [0.1, 0.15) is 12.4 Å². The van der Waals surface area contributed by atoms with Crippen LogP contribution in [0.3, 0.4) is 0 Å². The first-order valence-corrected chi connectivity index (χ1v) is 9.38. The molecule has 0 radical (unpaired) electrons. The van der Waals surface area contributed by atoms with Crippen LogP contribution in [0.2, 0.25) is 5.02 Å². The van der Waals surface area contributed by atoms with Crippen LogP contribution in [-0.2, 0) is 20.2 Å². The number of thiophene rings is 1. The van der Waals surface area contributed by atoms with Crippen LogP contribution in [0, 0.1) is 6.92 Å². The summed E-state index contributed by atoms with van der Waals surface area (Å²) in [6.45, 7) is 2.89. The van der Waals surface area contributed by atoms with E-state index in [4.69, 9.17) is 16.3 Å². The molecule has 0 saturated heterocycles. The molecule has 2 aromatic heterocycles. The second-order valence-electron chi connectivity index (χ2n) is 6.13. The summed E-state index contributed by atoms with van der Waals surface area (Å²) in [5, 5.41) is 6.77. The molecular weight excluding hydrogens is 370 g/mol. The number of carbonyl (C=O) groups is 1. The van der Waals surface area contributed by atoms with E-state index >= 15 is 0 Å². The summed E-state index contributed by atoms with van der Waals surface area (Å²) in [5.74, 6) is 0.784. The molecule has 0 aliphatic heterocycles. The van der Waals surface area contributed by atoms with E-state index in [1.165, 1.54) is 11.3 Å². The van der Waals surface area contributed by atoms with E-state index < -0.39 is 0 Å². The highest BCUT2D eigenvalue weighted by atomic mass is 35.5. The summed E-state index contributed by atoms with van der Waals surface area (Å²) in [5.41, 5.74) is 2.95. The minimum absolute atomic E-state index is 0.00914. The van der Waals surface area contributed by atoms with E-state index in [1.807, 2.05) is 43.6 Å². The zero-order chi connectivity index (χ0) is 18.7. The van der Waals surface area contributed by atoms with Gasteiger partial charge >= 0.3 is 0 Å². The molecule has 1 amide bonds. The van der Waals surface area contributed by atoms with Gasteiger partial charge in [-0.15, -0.1) is 11.3 Å². The molecule has 136 valence electrons. The van der Waals surface area contributed by atoms with Crippen LogP contribution in [0.25, 0.3) is 0 Å². The fourth-order valence-corrected chi connectivity index (χ4v) is 3.68. The molecule has 0 atom stereocenters. The minimum atomic E-state index is -0.00914. The van der Waals surface area contributed by atoms with Crippen LogP contribution in [0.15, 0.2) is 41.9 Å². The Morgan fingerprint density at radius 2 is 2.15 bits per heavy atom. The first-order chi connectivity index (χ1) is 12.4. The van der Waals surface area contributed by atoms with E-state index in [9.17, 15) is 4.79 Å². The molecule has 0 aliphatic rings. The fraction of sp³-hybridized carbons (Fsp3) is 0.263. The molecule has 0 N–H and O–H groups in total. The summed E-state index contributed by atoms with van der Waals surface area (Å²) in [6.07, 6.45) is 1.73. The topological polar surface area (TPSA) is 47.4 Å². The number of nitrogens with zero attached hydrogens (tertiary/aromatic N) is 3. The molecule has 5 nitrogen and oxygen atoms in total. The number of hydrogen-bond donors (Lipinski definition) is 0. The van der Waals surface area contributed by atoms with Gasteiger partial charge in [-0.05, 0) is 48.2 Å². The summed E-state index contributed by atoms with van der Waals surface area (Å²) in [4.78, 5) is 15.0. The lowest BCUT2D eigenvalue weighted by atomic mass is 10.2. The van der Waals surface area contributed by atoms with Crippen LogP contribution < -0.4 is 4.74 Å². The summed E-state index contributed by atoms with van der Waals surface area (Å²) >= 11 is 7.39. The second kappa shape index (κ2) is 7.93. The van der Waals surface area contributed by atoms with Crippen molar-refractivity contribution in [2.45, 2.75) is 20.1 Å². The van der Waals surface area contributed by atoms with Gasteiger partial charge in [0, 0.05) is 30.9 Å². The van der Waals surface area contributed by atoms with Crippen LogP contribution in [0.4, 0.5) is 0 Å². The molecule has 0 saturated carbocycles. The maximum atomic E-state index is 12.6. The monoisotopic (exact) mass is 389 g/mol. The van der Waals surface area contributed by atoms with Crippen molar-refractivity contribution in [2.24, 2.45) is 7.05 Å². The molecule has 0 spiro atoms. The molecule has 0 aliphatic carbocycles. The zero-order valence-corrected chi connectivity index (χ0v) is 16.5. The van der Waals surface area contributed by atoms with Gasteiger partial charge in [-0.1, -0.05) is 11.6 Å². The smallest absolute Gasteiger partial charge is 0.264 e. The van der Waals surface area contributed by atoms with E-state index in [-0.39, 0.29) is 5.91 Å². The fourth-order valence-electron chi connectivity index (χ4n) is 2.56. The Kier molecular flexibility index (Phi) is 5.64. The van der Waals surface area contributed by atoms with Gasteiger partial charge in [0.05, 0.1) is 17.1 Å². The Labute approximate surface area is 161 Å². The number of aryl methyl sites for hydroxylation is 2. The lowest BCUT2D eigenvalue weighted by Gasteiger charge is -2.16. The van der Waals surface area contributed by atoms with Crippen molar-refractivity contribution in [3.8, 4) is 5.75 Å². The summed E-state index contributed by atoms with van der Waals surface area (Å²) < 4.78 is 7.61. The molecule has 0 fully saturated rings. The third-order valence-corrected chi connectivity index (χ3v) is 5.27. The van der Waals surface area contributed by atoms with Gasteiger partial charge < -0.3 is 9.64 Å². The first-order valence-electron chi connectivity index (χ1n) is 8.12. The number of ether oxygens (including phenoxy) is 1.